The first-order chi connectivity index (χ1) is 6.83. The summed E-state index contributed by atoms with van der Waals surface area (Å²) >= 11 is 0. The van der Waals surface area contributed by atoms with Gasteiger partial charge in [0.25, 0.3) is 0 Å². The normalized spacial score (nSPS) is 28.8. The second kappa shape index (κ2) is 4.28. The van der Waals surface area contributed by atoms with E-state index in [1.54, 1.807) is 0 Å². The molecule has 1 atom stereocenters. The number of likely N-dealkylation sites (tertiary alicyclic amines) is 1. The molecule has 2 saturated heterocycles. The first kappa shape index (κ1) is 9.93. The van der Waals surface area contributed by atoms with Gasteiger partial charge in [-0.3, -0.25) is 9.69 Å². The summed E-state index contributed by atoms with van der Waals surface area (Å²) in [5.74, 6) is -0.0306. The Balaban J connectivity index is 1.92. The SMILES string of the molecule is CCOC(=O)[C@@H]1CCCN1C1CNC1. The summed E-state index contributed by atoms with van der Waals surface area (Å²) in [6.07, 6.45) is 2.09. The molecule has 2 aliphatic heterocycles. The van der Waals surface area contributed by atoms with Gasteiger partial charge in [-0.25, -0.2) is 0 Å². The topological polar surface area (TPSA) is 41.6 Å². The molecule has 0 aliphatic carbocycles. The minimum absolute atomic E-state index is 0.0297. The van der Waals surface area contributed by atoms with Gasteiger partial charge in [0.15, 0.2) is 0 Å². The average Bonchev–Trinajstić information content (AvgIpc) is 2.50. The van der Waals surface area contributed by atoms with E-state index in [-0.39, 0.29) is 12.0 Å². The van der Waals surface area contributed by atoms with E-state index >= 15 is 0 Å². The number of ether oxygens (including phenoxy) is 1. The second-order valence-electron chi connectivity index (χ2n) is 3.96. The zero-order valence-electron chi connectivity index (χ0n) is 8.66. The van der Waals surface area contributed by atoms with Crippen molar-refractivity contribution in [2.24, 2.45) is 0 Å². The standard InChI is InChI=1S/C10H18N2O2/c1-2-14-10(13)9-4-3-5-12(9)8-6-11-7-8/h8-9,11H,2-7H2,1H3/t9-/m0/s1. The van der Waals surface area contributed by atoms with Crippen LogP contribution < -0.4 is 5.32 Å². The highest BCUT2D eigenvalue weighted by Crippen LogP contribution is 2.22. The van der Waals surface area contributed by atoms with Crippen LogP contribution >= 0.6 is 0 Å². The monoisotopic (exact) mass is 198 g/mol. The van der Waals surface area contributed by atoms with Crippen LogP contribution in [0.5, 0.6) is 0 Å². The third-order valence-electron chi connectivity index (χ3n) is 3.08. The van der Waals surface area contributed by atoms with Crippen molar-refractivity contribution in [3.63, 3.8) is 0 Å². The summed E-state index contributed by atoms with van der Waals surface area (Å²) in [4.78, 5) is 13.9. The Morgan fingerprint density at radius 2 is 2.36 bits per heavy atom. The number of hydrogen-bond acceptors (Lipinski definition) is 4. The zero-order valence-corrected chi connectivity index (χ0v) is 8.66. The first-order valence-electron chi connectivity index (χ1n) is 5.46. The largest absolute Gasteiger partial charge is 0.465 e. The van der Waals surface area contributed by atoms with E-state index in [1.807, 2.05) is 6.92 Å². The van der Waals surface area contributed by atoms with Crippen LogP contribution in [0.2, 0.25) is 0 Å². The van der Waals surface area contributed by atoms with E-state index in [1.165, 1.54) is 0 Å². The molecular weight excluding hydrogens is 180 g/mol. The Bertz CT molecular complexity index is 216. The van der Waals surface area contributed by atoms with Crippen molar-refractivity contribution < 1.29 is 9.53 Å². The number of nitrogens with one attached hydrogen (secondary N) is 1. The summed E-state index contributed by atoms with van der Waals surface area (Å²) in [5.41, 5.74) is 0. The lowest BCUT2D eigenvalue weighted by molar-refractivity contribution is -0.149. The Kier molecular flexibility index (Phi) is 3.03. The molecule has 0 radical (unpaired) electrons. The van der Waals surface area contributed by atoms with Gasteiger partial charge in [0.05, 0.1) is 6.61 Å². The van der Waals surface area contributed by atoms with Crippen LogP contribution in [0.1, 0.15) is 19.8 Å². The lowest BCUT2D eigenvalue weighted by Crippen LogP contribution is -2.59. The summed E-state index contributed by atoms with van der Waals surface area (Å²) in [6, 6.07) is 0.592. The van der Waals surface area contributed by atoms with Crippen LogP contribution in [-0.2, 0) is 9.53 Å². The Morgan fingerprint density at radius 1 is 1.57 bits per heavy atom. The maximum Gasteiger partial charge on any atom is 0.323 e. The lowest BCUT2D eigenvalue weighted by atomic mass is 10.1. The van der Waals surface area contributed by atoms with Gasteiger partial charge in [-0.1, -0.05) is 0 Å². The summed E-state index contributed by atoms with van der Waals surface area (Å²) in [7, 11) is 0. The van der Waals surface area contributed by atoms with Gasteiger partial charge in [0.2, 0.25) is 0 Å². The van der Waals surface area contributed by atoms with Gasteiger partial charge in [0.1, 0.15) is 6.04 Å². The number of esters is 1. The number of nitrogens with zero attached hydrogens (tertiary/aromatic N) is 1. The van der Waals surface area contributed by atoms with Crippen molar-refractivity contribution in [1.82, 2.24) is 10.2 Å². The smallest absolute Gasteiger partial charge is 0.323 e. The van der Waals surface area contributed by atoms with Gasteiger partial charge < -0.3 is 10.1 Å². The minimum atomic E-state index is -0.0306. The fourth-order valence-electron chi connectivity index (χ4n) is 2.23. The van der Waals surface area contributed by atoms with E-state index in [9.17, 15) is 4.79 Å². The molecule has 0 aromatic carbocycles. The van der Waals surface area contributed by atoms with Crippen molar-refractivity contribution in [1.29, 1.82) is 0 Å². The Labute approximate surface area is 84.6 Å². The molecular formula is C10H18N2O2. The molecule has 1 N–H and O–H groups in total. The average molecular weight is 198 g/mol. The minimum Gasteiger partial charge on any atom is -0.465 e. The van der Waals surface area contributed by atoms with Crippen LogP contribution in [0.15, 0.2) is 0 Å². The Morgan fingerprint density at radius 3 is 2.93 bits per heavy atom. The molecule has 4 heteroatoms. The van der Waals surface area contributed by atoms with Gasteiger partial charge in [0, 0.05) is 19.1 Å². The van der Waals surface area contributed by atoms with Crippen molar-refractivity contribution in [2.45, 2.75) is 31.8 Å². The summed E-state index contributed by atoms with van der Waals surface area (Å²) in [6.45, 7) is 5.45. The molecule has 2 fully saturated rings. The van der Waals surface area contributed by atoms with Crippen molar-refractivity contribution in [3.8, 4) is 0 Å². The summed E-state index contributed by atoms with van der Waals surface area (Å²) < 4.78 is 5.07. The van der Waals surface area contributed by atoms with E-state index < -0.39 is 0 Å². The molecule has 0 spiro atoms. The molecule has 0 aromatic heterocycles. The molecule has 2 aliphatic rings. The third kappa shape index (κ3) is 1.77. The predicted molar refractivity (Wildman–Crippen MR) is 53.0 cm³/mol. The number of carbonyl (C=O) groups is 1. The van der Waals surface area contributed by atoms with Crippen LogP contribution in [0.4, 0.5) is 0 Å². The van der Waals surface area contributed by atoms with Gasteiger partial charge in [-0.15, -0.1) is 0 Å². The van der Waals surface area contributed by atoms with Crippen LogP contribution in [0, 0.1) is 0 Å². The first-order valence-corrected chi connectivity index (χ1v) is 5.46. The third-order valence-corrected chi connectivity index (χ3v) is 3.08. The summed E-state index contributed by atoms with van der Waals surface area (Å²) in [5, 5.41) is 3.24. The quantitative estimate of drug-likeness (QED) is 0.647. The lowest BCUT2D eigenvalue weighted by Gasteiger charge is -2.38. The highest BCUT2D eigenvalue weighted by molar-refractivity contribution is 5.76. The van der Waals surface area contributed by atoms with E-state index in [4.69, 9.17) is 4.74 Å². The molecule has 4 nitrogen and oxygen atoms in total. The number of hydrogen-bond donors (Lipinski definition) is 1. The van der Waals surface area contributed by atoms with Crippen LogP contribution in [0.25, 0.3) is 0 Å². The maximum absolute atomic E-state index is 11.6. The molecule has 2 rings (SSSR count). The molecule has 0 unspecified atom stereocenters. The maximum atomic E-state index is 11.6. The molecule has 2 heterocycles. The molecule has 0 aromatic rings. The van der Waals surface area contributed by atoms with E-state index in [0.717, 1.165) is 32.5 Å². The highest BCUT2D eigenvalue weighted by atomic mass is 16.5. The molecule has 80 valence electrons. The fourth-order valence-corrected chi connectivity index (χ4v) is 2.23. The van der Waals surface area contributed by atoms with Gasteiger partial charge in [-0.2, -0.15) is 0 Å². The van der Waals surface area contributed by atoms with E-state index in [2.05, 4.69) is 10.2 Å². The van der Waals surface area contributed by atoms with Crippen molar-refractivity contribution >= 4 is 5.97 Å². The van der Waals surface area contributed by atoms with Crippen LogP contribution in [-0.4, -0.2) is 49.2 Å². The second-order valence-corrected chi connectivity index (χ2v) is 3.96. The Hall–Kier alpha value is -0.610. The molecule has 0 amide bonds. The van der Waals surface area contributed by atoms with Crippen LogP contribution in [0.3, 0.4) is 0 Å². The predicted octanol–water partition coefficient (Wildman–Crippen LogP) is -0.0143. The number of carbonyl (C=O) groups excluding carboxylic acids is 1. The van der Waals surface area contributed by atoms with Crippen molar-refractivity contribution in [2.75, 3.05) is 26.2 Å². The molecule has 14 heavy (non-hydrogen) atoms. The zero-order chi connectivity index (χ0) is 9.97. The van der Waals surface area contributed by atoms with Gasteiger partial charge in [-0.05, 0) is 26.3 Å². The van der Waals surface area contributed by atoms with Gasteiger partial charge >= 0.3 is 5.97 Å². The molecule has 0 saturated carbocycles. The van der Waals surface area contributed by atoms with E-state index in [0.29, 0.717) is 12.6 Å². The fraction of sp³-hybridized carbons (Fsp3) is 0.900. The highest BCUT2D eigenvalue weighted by Gasteiger charge is 2.38. The number of rotatable bonds is 3. The van der Waals surface area contributed by atoms with Crippen molar-refractivity contribution in [3.05, 3.63) is 0 Å². The molecule has 0 bridgehead atoms.